The number of furan rings is 1. The third-order valence-electron chi connectivity index (χ3n) is 4.13. The lowest BCUT2D eigenvalue weighted by atomic mass is 10.1. The van der Waals surface area contributed by atoms with Gasteiger partial charge in [-0.3, -0.25) is 4.72 Å². The van der Waals surface area contributed by atoms with Crippen LogP contribution in [0.4, 0.5) is 18.9 Å². The molecule has 0 amide bonds. The first-order chi connectivity index (χ1) is 13.5. The standard InChI is InChI=1S/C19H16F3NO5S/c1-3-27-18(24)17-11(2)13-10-12(8-9-15(13)28-17)23-29(25,26)16-7-5-4-6-14(16)19(20,21)22/h4-10,23H,3H2,1-2H3. The first kappa shape index (κ1) is 20.7. The van der Waals surface area contributed by atoms with E-state index in [9.17, 15) is 26.4 Å². The van der Waals surface area contributed by atoms with E-state index in [0.29, 0.717) is 22.6 Å². The van der Waals surface area contributed by atoms with E-state index in [2.05, 4.69) is 4.72 Å². The molecule has 3 rings (SSSR count). The van der Waals surface area contributed by atoms with Crippen molar-refractivity contribution in [1.82, 2.24) is 0 Å². The number of hydrogen-bond acceptors (Lipinski definition) is 5. The number of carbonyl (C=O) groups excluding carboxylic acids is 1. The molecule has 0 atom stereocenters. The first-order valence-electron chi connectivity index (χ1n) is 8.44. The normalized spacial score (nSPS) is 12.2. The van der Waals surface area contributed by atoms with Crippen LogP contribution in [0.15, 0.2) is 51.8 Å². The summed E-state index contributed by atoms with van der Waals surface area (Å²) in [5.41, 5.74) is -0.508. The molecule has 0 bridgehead atoms. The SMILES string of the molecule is CCOC(=O)c1oc2ccc(NS(=O)(=O)c3ccccc3C(F)(F)F)cc2c1C. The Kier molecular flexibility index (Phi) is 5.31. The lowest BCUT2D eigenvalue weighted by molar-refractivity contribution is -0.139. The summed E-state index contributed by atoms with van der Waals surface area (Å²) >= 11 is 0. The summed E-state index contributed by atoms with van der Waals surface area (Å²) in [6.45, 7) is 3.38. The summed E-state index contributed by atoms with van der Waals surface area (Å²) in [5.74, 6) is -0.688. The topological polar surface area (TPSA) is 85.6 Å². The summed E-state index contributed by atoms with van der Waals surface area (Å²) in [4.78, 5) is 11.0. The second kappa shape index (κ2) is 7.43. The van der Waals surface area contributed by atoms with E-state index in [4.69, 9.17) is 9.15 Å². The molecule has 2 aromatic carbocycles. The number of nitrogens with one attached hydrogen (secondary N) is 1. The molecule has 0 radical (unpaired) electrons. The van der Waals surface area contributed by atoms with Gasteiger partial charge in [0.2, 0.25) is 5.76 Å². The molecule has 1 heterocycles. The molecule has 0 spiro atoms. The van der Waals surface area contributed by atoms with Crippen LogP contribution in [0.2, 0.25) is 0 Å². The third kappa shape index (κ3) is 4.07. The summed E-state index contributed by atoms with van der Waals surface area (Å²) < 4.78 is 77.2. The average Bonchev–Trinajstić information content (AvgIpc) is 2.97. The minimum atomic E-state index is -4.83. The van der Waals surface area contributed by atoms with Gasteiger partial charge in [0.05, 0.1) is 17.1 Å². The quantitative estimate of drug-likeness (QED) is 0.595. The Morgan fingerprint density at radius 1 is 1.17 bits per heavy atom. The fraction of sp³-hybridized carbons (Fsp3) is 0.211. The zero-order chi connectivity index (χ0) is 21.4. The number of halogens is 3. The van der Waals surface area contributed by atoms with Crippen molar-refractivity contribution < 1.29 is 35.5 Å². The van der Waals surface area contributed by atoms with Crippen LogP contribution in [-0.4, -0.2) is 21.0 Å². The van der Waals surface area contributed by atoms with E-state index < -0.39 is 32.6 Å². The molecule has 0 aliphatic rings. The number of ether oxygens (including phenoxy) is 1. The fourth-order valence-corrected chi connectivity index (χ4v) is 4.10. The second-order valence-electron chi connectivity index (χ2n) is 6.09. The average molecular weight is 427 g/mol. The molecule has 154 valence electrons. The number of alkyl halides is 3. The van der Waals surface area contributed by atoms with Crippen molar-refractivity contribution in [3.05, 3.63) is 59.4 Å². The van der Waals surface area contributed by atoms with Crippen LogP contribution in [0, 0.1) is 6.92 Å². The van der Waals surface area contributed by atoms with Gasteiger partial charge in [0.25, 0.3) is 10.0 Å². The molecule has 0 saturated heterocycles. The Morgan fingerprint density at radius 3 is 2.52 bits per heavy atom. The van der Waals surface area contributed by atoms with Crippen molar-refractivity contribution in [1.29, 1.82) is 0 Å². The number of anilines is 1. The highest BCUT2D eigenvalue weighted by Gasteiger charge is 2.37. The third-order valence-corrected chi connectivity index (χ3v) is 5.57. The Morgan fingerprint density at radius 2 is 1.86 bits per heavy atom. The molecule has 0 fully saturated rings. The predicted octanol–water partition coefficient (Wildman–Crippen LogP) is 4.74. The van der Waals surface area contributed by atoms with Gasteiger partial charge in [-0.2, -0.15) is 13.2 Å². The minimum Gasteiger partial charge on any atom is -0.460 e. The zero-order valence-corrected chi connectivity index (χ0v) is 16.1. The molecule has 3 aromatic rings. The highest BCUT2D eigenvalue weighted by atomic mass is 32.2. The molecular formula is C19H16F3NO5S. The smallest absolute Gasteiger partial charge is 0.417 e. The lowest BCUT2D eigenvalue weighted by Crippen LogP contribution is -2.18. The Bertz CT molecular complexity index is 1180. The van der Waals surface area contributed by atoms with Crippen LogP contribution >= 0.6 is 0 Å². The molecule has 1 N–H and O–H groups in total. The first-order valence-corrected chi connectivity index (χ1v) is 9.92. The van der Waals surface area contributed by atoms with Gasteiger partial charge in [0, 0.05) is 16.6 Å². The molecule has 10 heteroatoms. The van der Waals surface area contributed by atoms with E-state index in [1.807, 2.05) is 0 Å². The van der Waals surface area contributed by atoms with Crippen LogP contribution in [0.3, 0.4) is 0 Å². The monoisotopic (exact) mass is 427 g/mol. The summed E-state index contributed by atoms with van der Waals surface area (Å²) in [6.07, 6.45) is -4.83. The highest BCUT2D eigenvalue weighted by Crippen LogP contribution is 2.35. The number of fused-ring (bicyclic) bond motifs is 1. The van der Waals surface area contributed by atoms with Gasteiger partial charge in [0.1, 0.15) is 5.58 Å². The zero-order valence-electron chi connectivity index (χ0n) is 15.3. The summed E-state index contributed by atoms with van der Waals surface area (Å²) in [5, 5.41) is 0.428. The lowest BCUT2D eigenvalue weighted by Gasteiger charge is -2.14. The largest absolute Gasteiger partial charge is 0.460 e. The number of carbonyl (C=O) groups is 1. The van der Waals surface area contributed by atoms with Crippen LogP contribution < -0.4 is 4.72 Å². The van der Waals surface area contributed by atoms with Gasteiger partial charge < -0.3 is 9.15 Å². The van der Waals surface area contributed by atoms with Crippen molar-refractivity contribution >= 4 is 32.6 Å². The molecule has 6 nitrogen and oxygen atoms in total. The molecule has 0 aliphatic heterocycles. The molecule has 0 unspecified atom stereocenters. The van der Waals surface area contributed by atoms with Crippen molar-refractivity contribution in [2.24, 2.45) is 0 Å². The van der Waals surface area contributed by atoms with E-state index >= 15 is 0 Å². The minimum absolute atomic E-state index is 0.0220. The van der Waals surface area contributed by atoms with Crippen LogP contribution in [0.1, 0.15) is 28.6 Å². The van der Waals surface area contributed by atoms with Crippen LogP contribution in [0.5, 0.6) is 0 Å². The number of aryl methyl sites for hydroxylation is 1. The van der Waals surface area contributed by atoms with Gasteiger partial charge in [-0.1, -0.05) is 12.1 Å². The van der Waals surface area contributed by atoms with Crippen LogP contribution in [-0.2, 0) is 20.9 Å². The van der Waals surface area contributed by atoms with Gasteiger partial charge in [-0.15, -0.1) is 0 Å². The highest BCUT2D eigenvalue weighted by molar-refractivity contribution is 7.92. The van der Waals surface area contributed by atoms with Crippen molar-refractivity contribution in [2.45, 2.75) is 24.9 Å². The summed E-state index contributed by atoms with van der Waals surface area (Å²) in [7, 11) is -4.52. The maximum atomic E-state index is 13.2. The molecule has 0 aliphatic carbocycles. The number of hydrogen-bond donors (Lipinski definition) is 1. The molecule has 0 saturated carbocycles. The summed E-state index contributed by atoms with van der Waals surface area (Å²) in [6, 6.07) is 8.02. The Balaban J connectivity index is 2.00. The number of benzene rings is 2. The van der Waals surface area contributed by atoms with E-state index in [1.165, 1.54) is 24.3 Å². The fourth-order valence-electron chi connectivity index (χ4n) is 2.82. The Hall–Kier alpha value is -3.01. The molecular weight excluding hydrogens is 411 g/mol. The van der Waals surface area contributed by atoms with E-state index in [1.54, 1.807) is 13.8 Å². The van der Waals surface area contributed by atoms with Crippen molar-refractivity contribution in [2.75, 3.05) is 11.3 Å². The predicted molar refractivity (Wildman–Crippen MR) is 99.2 cm³/mol. The van der Waals surface area contributed by atoms with Crippen molar-refractivity contribution in [3.63, 3.8) is 0 Å². The maximum Gasteiger partial charge on any atom is 0.417 e. The molecule has 29 heavy (non-hydrogen) atoms. The van der Waals surface area contributed by atoms with Gasteiger partial charge >= 0.3 is 12.1 Å². The van der Waals surface area contributed by atoms with Gasteiger partial charge in [0.15, 0.2) is 0 Å². The Labute approximate surface area is 164 Å². The van der Waals surface area contributed by atoms with Crippen LogP contribution in [0.25, 0.3) is 11.0 Å². The maximum absolute atomic E-state index is 13.2. The number of rotatable bonds is 5. The van der Waals surface area contributed by atoms with Crippen molar-refractivity contribution in [3.8, 4) is 0 Å². The van der Waals surface area contributed by atoms with E-state index in [0.717, 1.165) is 12.1 Å². The van der Waals surface area contributed by atoms with E-state index in [-0.39, 0.29) is 18.1 Å². The number of sulfonamides is 1. The second-order valence-corrected chi connectivity index (χ2v) is 7.74. The van der Waals surface area contributed by atoms with Gasteiger partial charge in [-0.05, 0) is 44.2 Å². The van der Waals surface area contributed by atoms with Gasteiger partial charge in [-0.25, -0.2) is 13.2 Å². The molecule has 1 aromatic heterocycles. The number of esters is 1.